The van der Waals surface area contributed by atoms with E-state index in [0.29, 0.717) is 11.5 Å². The Morgan fingerprint density at radius 1 is 1.09 bits per heavy atom. The zero-order valence-electron chi connectivity index (χ0n) is 13.0. The van der Waals surface area contributed by atoms with Crippen molar-refractivity contribution in [1.82, 2.24) is 0 Å². The van der Waals surface area contributed by atoms with Crippen LogP contribution in [0.15, 0.2) is 48.5 Å². The number of allylic oxidation sites excluding steroid dienone is 1. The minimum atomic E-state index is -0.265. The summed E-state index contributed by atoms with van der Waals surface area (Å²) in [6.07, 6.45) is 4.59. The fourth-order valence-electron chi connectivity index (χ4n) is 2.85. The Morgan fingerprint density at radius 2 is 1.82 bits per heavy atom. The highest BCUT2D eigenvalue weighted by Gasteiger charge is 2.30. The van der Waals surface area contributed by atoms with E-state index in [2.05, 4.69) is 31.2 Å². The maximum Gasteiger partial charge on any atom is 0.338 e. The predicted molar refractivity (Wildman–Crippen MR) is 89.6 cm³/mol. The molecule has 22 heavy (non-hydrogen) atoms. The normalized spacial score (nSPS) is 14.7. The molecule has 0 aliphatic heterocycles. The van der Waals surface area contributed by atoms with E-state index in [1.165, 1.54) is 31.1 Å². The Kier molecular flexibility index (Phi) is 4.10. The molecule has 2 nitrogen and oxygen atoms in total. The number of ether oxygens (including phenoxy) is 1. The highest BCUT2D eigenvalue weighted by Crippen LogP contribution is 2.44. The second-order valence-electron chi connectivity index (χ2n) is 5.77. The summed E-state index contributed by atoms with van der Waals surface area (Å²) in [5, 5.41) is 0. The van der Waals surface area contributed by atoms with Crippen molar-refractivity contribution >= 4 is 17.6 Å². The molecular weight excluding hydrogens is 272 g/mol. The number of benzene rings is 2. The van der Waals surface area contributed by atoms with Gasteiger partial charge in [0.1, 0.15) is 0 Å². The van der Waals surface area contributed by atoms with Gasteiger partial charge in [-0.2, -0.15) is 0 Å². The number of hydrogen-bond acceptors (Lipinski definition) is 2. The zero-order valence-corrected chi connectivity index (χ0v) is 13.0. The van der Waals surface area contributed by atoms with Gasteiger partial charge in [0.15, 0.2) is 0 Å². The van der Waals surface area contributed by atoms with E-state index >= 15 is 0 Å². The summed E-state index contributed by atoms with van der Waals surface area (Å²) >= 11 is 0. The van der Waals surface area contributed by atoms with E-state index < -0.39 is 0 Å². The first kappa shape index (κ1) is 14.6. The van der Waals surface area contributed by atoms with Crippen LogP contribution in [0, 0.1) is 12.8 Å². The van der Waals surface area contributed by atoms with Gasteiger partial charge in [-0.3, -0.25) is 0 Å². The molecule has 1 fully saturated rings. The van der Waals surface area contributed by atoms with Crippen molar-refractivity contribution in [2.24, 2.45) is 5.92 Å². The Bertz CT molecular complexity index is 710. The van der Waals surface area contributed by atoms with E-state index in [1.807, 2.05) is 30.3 Å². The molecule has 1 aliphatic carbocycles. The molecule has 0 radical (unpaired) electrons. The smallest absolute Gasteiger partial charge is 0.338 e. The summed E-state index contributed by atoms with van der Waals surface area (Å²) in [6, 6.07) is 16.1. The highest BCUT2D eigenvalue weighted by atomic mass is 16.5. The Morgan fingerprint density at radius 3 is 2.45 bits per heavy atom. The van der Waals surface area contributed by atoms with Crippen molar-refractivity contribution in [3.63, 3.8) is 0 Å². The molecule has 0 spiro atoms. The minimum Gasteiger partial charge on any atom is -0.465 e. The molecule has 2 heteroatoms. The lowest BCUT2D eigenvalue weighted by atomic mass is 9.90. The third-order valence-electron chi connectivity index (χ3n) is 4.11. The van der Waals surface area contributed by atoms with Crippen LogP contribution in [0.5, 0.6) is 0 Å². The lowest BCUT2D eigenvalue weighted by Crippen LogP contribution is -2.07. The number of esters is 1. The standard InChI is InChI=1S/C20H20O2/c1-14-7-6-10-17(20(21)22-2)19(14)18(16-11-12-16)13-15-8-4-3-5-9-15/h3-10,13,16H,11-12H2,1-2H3/b18-13-. The second kappa shape index (κ2) is 6.18. The molecule has 1 aliphatic rings. The van der Waals surface area contributed by atoms with Gasteiger partial charge in [-0.25, -0.2) is 4.79 Å². The van der Waals surface area contributed by atoms with Crippen molar-refractivity contribution in [3.8, 4) is 0 Å². The Balaban J connectivity index is 2.14. The van der Waals surface area contributed by atoms with E-state index in [1.54, 1.807) is 0 Å². The maximum atomic E-state index is 12.1. The van der Waals surface area contributed by atoms with Gasteiger partial charge in [0.25, 0.3) is 0 Å². The van der Waals surface area contributed by atoms with Crippen LogP contribution >= 0.6 is 0 Å². The van der Waals surface area contributed by atoms with Gasteiger partial charge in [-0.05, 0) is 54.0 Å². The molecule has 0 bridgehead atoms. The Labute approximate surface area is 131 Å². The number of methoxy groups -OCH3 is 1. The first-order chi connectivity index (χ1) is 10.7. The summed E-state index contributed by atoms with van der Waals surface area (Å²) in [5.74, 6) is 0.281. The molecule has 0 aromatic heterocycles. The minimum absolute atomic E-state index is 0.265. The van der Waals surface area contributed by atoms with Crippen molar-refractivity contribution in [2.45, 2.75) is 19.8 Å². The quantitative estimate of drug-likeness (QED) is 0.601. The van der Waals surface area contributed by atoms with Crippen LogP contribution < -0.4 is 0 Å². The lowest BCUT2D eigenvalue weighted by molar-refractivity contribution is 0.0600. The van der Waals surface area contributed by atoms with Crippen molar-refractivity contribution in [1.29, 1.82) is 0 Å². The molecule has 3 rings (SSSR count). The molecule has 0 saturated heterocycles. The topological polar surface area (TPSA) is 26.3 Å². The molecule has 0 amide bonds. The largest absolute Gasteiger partial charge is 0.465 e. The molecule has 2 aromatic carbocycles. The third-order valence-corrected chi connectivity index (χ3v) is 4.11. The second-order valence-corrected chi connectivity index (χ2v) is 5.77. The first-order valence-electron chi connectivity index (χ1n) is 7.65. The van der Waals surface area contributed by atoms with Crippen LogP contribution in [0.25, 0.3) is 11.6 Å². The van der Waals surface area contributed by atoms with Crippen LogP contribution in [-0.4, -0.2) is 13.1 Å². The average Bonchev–Trinajstić information content (AvgIpc) is 3.38. The first-order valence-corrected chi connectivity index (χ1v) is 7.65. The lowest BCUT2D eigenvalue weighted by Gasteiger charge is -2.15. The molecule has 112 valence electrons. The highest BCUT2D eigenvalue weighted by molar-refractivity contribution is 5.99. The summed E-state index contributed by atoms with van der Waals surface area (Å²) in [7, 11) is 1.44. The predicted octanol–water partition coefficient (Wildman–Crippen LogP) is 4.73. The fourth-order valence-corrected chi connectivity index (χ4v) is 2.85. The van der Waals surface area contributed by atoms with Gasteiger partial charge in [0, 0.05) is 0 Å². The summed E-state index contributed by atoms with van der Waals surface area (Å²) in [6.45, 7) is 2.06. The summed E-state index contributed by atoms with van der Waals surface area (Å²) < 4.78 is 4.97. The average molecular weight is 292 g/mol. The zero-order chi connectivity index (χ0) is 15.5. The maximum absolute atomic E-state index is 12.1. The third kappa shape index (κ3) is 2.96. The number of aryl methyl sites for hydroxylation is 1. The van der Waals surface area contributed by atoms with Gasteiger partial charge in [0.05, 0.1) is 12.7 Å². The number of carbonyl (C=O) groups is 1. The number of rotatable bonds is 4. The van der Waals surface area contributed by atoms with E-state index in [9.17, 15) is 4.79 Å². The summed E-state index contributed by atoms with van der Waals surface area (Å²) in [4.78, 5) is 12.1. The molecule has 2 aromatic rings. The van der Waals surface area contributed by atoms with Gasteiger partial charge in [0.2, 0.25) is 0 Å². The summed E-state index contributed by atoms with van der Waals surface area (Å²) in [5.41, 5.74) is 5.25. The number of hydrogen-bond donors (Lipinski definition) is 0. The molecular formula is C20H20O2. The molecule has 0 heterocycles. The van der Waals surface area contributed by atoms with E-state index in [4.69, 9.17) is 4.74 Å². The van der Waals surface area contributed by atoms with Gasteiger partial charge < -0.3 is 4.74 Å². The molecule has 0 N–H and O–H groups in total. The van der Waals surface area contributed by atoms with Crippen LogP contribution in [0.2, 0.25) is 0 Å². The molecule has 1 saturated carbocycles. The Hall–Kier alpha value is -2.35. The van der Waals surface area contributed by atoms with Crippen molar-refractivity contribution in [2.75, 3.05) is 7.11 Å². The molecule has 0 unspecified atom stereocenters. The van der Waals surface area contributed by atoms with Crippen LogP contribution in [0.3, 0.4) is 0 Å². The van der Waals surface area contributed by atoms with Crippen LogP contribution in [0.4, 0.5) is 0 Å². The SMILES string of the molecule is COC(=O)c1cccc(C)c1/C(=C\c1ccccc1)C1CC1. The molecule has 0 atom stereocenters. The van der Waals surface area contributed by atoms with Gasteiger partial charge in [-0.15, -0.1) is 0 Å². The monoisotopic (exact) mass is 292 g/mol. The van der Waals surface area contributed by atoms with E-state index in [0.717, 1.165) is 11.1 Å². The van der Waals surface area contributed by atoms with Crippen LogP contribution in [-0.2, 0) is 4.74 Å². The van der Waals surface area contributed by atoms with Crippen molar-refractivity contribution < 1.29 is 9.53 Å². The van der Waals surface area contributed by atoms with Crippen LogP contribution in [0.1, 0.15) is 39.9 Å². The van der Waals surface area contributed by atoms with Gasteiger partial charge in [-0.1, -0.05) is 48.5 Å². The van der Waals surface area contributed by atoms with Gasteiger partial charge >= 0.3 is 5.97 Å². The number of carbonyl (C=O) groups excluding carboxylic acids is 1. The van der Waals surface area contributed by atoms with E-state index in [-0.39, 0.29) is 5.97 Å². The van der Waals surface area contributed by atoms with Crippen molar-refractivity contribution in [3.05, 3.63) is 70.8 Å². The fraction of sp³-hybridized carbons (Fsp3) is 0.250.